The Morgan fingerprint density at radius 2 is 2.19 bits per heavy atom. The van der Waals surface area contributed by atoms with E-state index in [9.17, 15) is 0 Å². The Hall–Kier alpha value is -0.280. The number of nitrogens with zero attached hydrogens (tertiary/aromatic N) is 2. The van der Waals surface area contributed by atoms with Crippen LogP contribution in [0.2, 0.25) is 0 Å². The summed E-state index contributed by atoms with van der Waals surface area (Å²) in [5.74, 6) is 1.66. The molecule has 0 saturated heterocycles. The minimum atomic E-state index is 0.639. The summed E-state index contributed by atoms with van der Waals surface area (Å²) < 4.78 is 1.05. The van der Waals surface area contributed by atoms with Gasteiger partial charge in [-0.05, 0) is 40.9 Å². The van der Waals surface area contributed by atoms with Gasteiger partial charge in [-0.15, -0.1) is 11.6 Å². The van der Waals surface area contributed by atoms with E-state index < -0.39 is 0 Å². The fraction of sp³-hybridized carbons (Fsp3) is 0.583. The molecule has 0 spiro atoms. The summed E-state index contributed by atoms with van der Waals surface area (Å²) in [5, 5.41) is 0. The van der Waals surface area contributed by atoms with Crippen molar-refractivity contribution in [2.24, 2.45) is 0 Å². The predicted octanol–water partition coefficient (Wildman–Crippen LogP) is 4.00. The molecule has 0 aromatic carbocycles. The van der Waals surface area contributed by atoms with Gasteiger partial charge in [0, 0.05) is 29.6 Å². The number of aromatic nitrogens is 1. The van der Waals surface area contributed by atoms with Crippen LogP contribution in [-0.4, -0.2) is 24.0 Å². The lowest BCUT2D eigenvalue weighted by molar-refractivity contribution is 0.725. The zero-order valence-corrected chi connectivity index (χ0v) is 12.2. The number of aryl methyl sites for hydroxylation is 1. The monoisotopic (exact) mass is 304 g/mol. The summed E-state index contributed by atoms with van der Waals surface area (Å²) in [6.07, 6.45) is 4.22. The number of alkyl halides is 1. The normalized spacial score (nSPS) is 10.5. The molecule has 16 heavy (non-hydrogen) atoms. The van der Waals surface area contributed by atoms with Crippen molar-refractivity contribution < 1.29 is 0 Å². The molecule has 0 unspecified atom stereocenters. The van der Waals surface area contributed by atoms with Crippen molar-refractivity contribution >= 4 is 33.3 Å². The van der Waals surface area contributed by atoms with Crippen LogP contribution in [0.25, 0.3) is 0 Å². The summed E-state index contributed by atoms with van der Waals surface area (Å²) in [6.45, 7) is 6.15. The lowest BCUT2D eigenvalue weighted by atomic mass is 10.2. The molecule has 0 atom stereocenters. The molecule has 1 rings (SSSR count). The summed E-state index contributed by atoms with van der Waals surface area (Å²) in [6, 6.07) is 2.10. The number of pyridine rings is 1. The Morgan fingerprint density at radius 3 is 2.75 bits per heavy atom. The van der Waals surface area contributed by atoms with Gasteiger partial charge in [-0.25, -0.2) is 4.98 Å². The van der Waals surface area contributed by atoms with Gasteiger partial charge in [-0.2, -0.15) is 0 Å². The maximum Gasteiger partial charge on any atom is 0.128 e. The van der Waals surface area contributed by atoms with E-state index in [1.165, 1.54) is 18.4 Å². The number of anilines is 1. The first-order valence-electron chi connectivity index (χ1n) is 5.62. The van der Waals surface area contributed by atoms with E-state index in [1.807, 2.05) is 6.20 Å². The minimum absolute atomic E-state index is 0.639. The van der Waals surface area contributed by atoms with Crippen molar-refractivity contribution in [3.8, 4) is 0 Å². The molecule has 0 N–H and O–H groups in total. The molecule has 1 aromatic rings. The van der Waals surface area contributed by atoms with Crippen LogP contribution in [0.1, 0.15) is 25.3 Å². The van der Waals surface area contributed by atoms with Crippen LogP contribution in [0.5, 0.6) is 0 Å². The van der Waals surface area contributed by atoms with E-state index in [0.717, 1.165) is 23.4 Å². The highest BCUT2D eigenvalue weighted by molar-refractivity contribution is 9.10. The molecule has 90 valence electrons. The smallest absolute Gasteiger partial charge is 0.128 e. The molecular weight excluding hydrogens is 288 g/mol. The number of hydrogen-bond donors (Lipinski definition) is 0. The Kier molecular flexibility index (Phi) is 6.14. The minimum Gasteiger partial charge on any atom is -0.355 e. The molecule has 0 fully saturated rings. The van der Waals surface area contributed by atoms with E-state index in [-0.39, 0.29) is 0 Å². The zero-order chi connectivity index (χ0) is 12.0. The molecule has 0 aliphatic heterocycles. The fourth-order valence-electron chi connectivity index (χ4n) is 1.49. The van der Waals surface area contributed by atoms with Crippen LogP contribution in [0.3, 0.4) is 0 Å². The van der Waals surface area contributed by atoms with E-state index in [4.69, 9.17) is 11.6 Å². The first-order valence-corrected chi connectivity index (χ1v) is 6.94. The van der Waals surface area contributed by atoms with Crippen molar-refractivity contribution in [3.05, 3.63) is 22.3 Å². The largest absolute Gasteiger partial charge is 0.355 e. The maximum absolute atomic E-state index is 5.82. The van der Waals surface area contributed by atoms with Crippen molar-refractivity contribution in [2.45, 2.75) is 26.7 Å². The zero-order valence-electron chi connectivity index (χ0n) is 9.84. The fourth-order valence-corrected chi connectivity index (χ4v) is 1.91. The standard InChI is InChI=1S/C12H18BrClN2/c1-3-4-6-16(7-5-14)12-8-10(2)11(13)9-15-12/h8-9H,3-7H2,1-2H3. The SMILES string of the molecule is CCCCN(CCCl)c1cc(C)c(Br)cn1. The lowest BCUT2D eigenvalue weighted by Crippen LogP contribution is -2.27. The second-order valence-electron chi connectivity index (χ2n) is 3.82. The first kappa shape index (κ1) is 13.8. The van der Waals surface area contributed by atoms with E-state index in [1.54, 1.807) is 0 Å². The molecule has 0 bridgehead atoms. The summed E-state index contributed by atoms with van der Waals surface area (Å²) in [7, 11) is 0. The summed E-state index contributed by atoms with van der Waals surface area (Å²) in [4.78, 5) is 6.68. The second kappa shape index (κ2) is 7.13. The first-order chi connectivity index (χ1) is 7.69. The van der Waals surface area contributed by atoms with Crippen molar-refractivity contribution in [3.63, 3.8) is 0 Å². The van der Waals surface area contributed by atoms with Crippen LogP contribution in [-0.2, 0) is 0 Å². The van der Waals surface area contributed by atoms with Crippen molar-refractivity contribution in [1.29, 1.82) is 0 Å². The van der Waals surface area contributed by atoms with Gasteiger partial charge < -0.3 is 4.90 Å². The van der Waals surface area contributed by atoms with Gasteiger partial charge >= 0.3 is 0 Å². The molecule has 1 aromatic heterocycles. The van der Waals surface area contributed by atoms with Crippen molar-refractivity contribution in [2.75, 3.05) is 23.9 Å². The van der Waals surface area contributed by atoms with Crippen LogP contribution in [0.15, 0.2) is 16.7 Å². The second-order valence-corrected chi connectivity index (χ2v) is 5.05. The van der Waals surface area contributed by atoms with Crippen LogP contribution < -0.4 is 4.90 Å². The molecular formula is C12H18BrClN2. The third-order valence-corrected chi connectivity index (χ3v) is 3.49. The summed E-state index contributed by atoms with van der Waals surface area (Å²) >= 11 is 9.28. The molecule has 2 nitrogen and oxygen atoms in total. The van der Waals surface area contributed by atoms with E-state index in [2.05, 4.69) is 45.7 Å². The van der Waals surface area contributed by atoms with Crippen LogP contribution in [0, 0.1) is 6.92 Å². The number of rotatable bonds is 6. The Balaban J connectivity index is 2.78. The molecule has 0 saturated carbocycles. The van der Waals surface area contributed by atoms with E-state index >= 15 is 0 Å². The van der Waals surface area contributed by atoms with Gasteiger partial charge in [0.25, 0.3) is 0 Å². The average Bonchev–Trinajstić information content (AvgIpc) is 2.28. The van der Waals surface area contributed by atoms with Gasteiger partial charge in [0.2, 0.25) is 0 Å². The van der Waals surface area contributed by atoms with Crippen LogP contribution in [0.4, 0.5) is 5.82 Å². The Morgan fingerprint density at radius 1 is 1.44 bits per heavy atom. The summed E-state index contributed by atoms with van der Waals surface area (Å²) in [5.41, 5.74) is 1.21. The van der Waals surface area contributed by atoms with E-state index in [0.29, 0.717) is 5.88 Å². The number of unbranched alkanes of at least 4 members (excludes halogenated alkanes) is 1. The predicted molar refractivity (Wildman–Crippen MR) is 74.5 cm³/mol. The molecule has 0 aliphatic carbocycles. The number of halogens is 2. The highest BCUT2D eigenvalue weighted by atomic mass is 79.9. The van der Waals surface area contributed by atoms with Gasteiger partial charge in [-0.1, -0.05) is 13.3 Å². The highest BCUT2D eigenvalue weighted by Gasteiger charge is 2.07. The lowest BCUT2D eigenvalue weighted by Gasteiger charge is -2.23. The quantitative estimate of drug-likeness (QED) is 0.739. The average molecular weight is 306 g/mol. The van der Waals surface area contributed by atoms with Crippen molar-refractivity contribution in [1.82, 2.24) is 4.98 Å². The third kappa shape index (κ3) is 3.95. The maximum atomic E-state index is 5.82. The van der Waals surface area contributed by atoms with Gasteiger partial charge in [0.1, 0.15) is 5.82 Å². The molecule has 0 amide bonds. The Bertz CT molecular complexity index is 331. The van der Waals surface area contributed by atoms with Gasteiger partial charge in [0.05, 0.1) is 0 Å². The van der Waals surface area contributed by atoms with Gasteiger partial charge in [-0.3, -0.25) is 0 Å². The molecule has 1 heterocycles. The molecule has 0 aliphatic rings. The molecule has 4 heteroatoms. The highest BCUT2D eigenvalue weighted by Crippen LogP contribution is 2.20. The van der Waals surface area contributed by atoms with Crippen LogP contribution >= 0.6 is 27.5 Å². The third-order valence-electron chi connectivity index (χ3n) is 2.49. The van der Waals surface area contributed by atoms with Gasteiger partial charge in [0.15, 0.2) is 0 Å². The Labute approximate surface area is 111 Å². The number of hydrogen-bond acceptors (Lipinski definition) is 2. The topological polar surface area (TPSA) is 16.1 Å². The molecule has 0 radical (unpaired) electrons.